The minimum atomic E-state index is 0.00829. The van der Waals surface area contributed by atoms with Gasteiger partial charge in [0.1, 0.15) is 5.69 Å². The molecule has 1 N–H and O–H groups in total. The maximum atomic E-state index is 12.8. The summed E-state index contributed by atoms with van der Waals surface area (Å²) in [6, 6.07) is 3.95. The van der Waals surface area contributed by atoms with Crippen molar-refractivity contribution in [3.63, 3.8) is 0 Å². The van der Waals surface area contributed by atoms with E-state index in [-0.39, 0.29) is 11.9 Å². The van der Waals surface area contributed by atoms with E-state index in [1.807, 2.05) is 30.3 Å². The second kappa shape index (κ2) is 6.34. The molecule has 0 spiro atoms. The number of aromatic amines is 1. The van der Waals surface area contributed by atoms with Crippen molar-refractivity contribution in [3.8, 4) is 0 Å². The molecular formula is C16H23N5O. The van der Waals surface area contributed by atoms with Crippen LogP contribution in [0.15, 0.2) is 18.3 Å². The van der Waals surface area contributed by atoms with Gasteiger partial charge in [0.2, 0.25) is 0 Å². The number of hydrogen-bond donors (Lipinski definition) is 1. The maximum absolute atomic E-state index is 12.8. The van der Waals surface area contributed by atoms with Gasteiger partial charge >= 0.3 is 0 Å². The van der Waals surface area contributed by atoms with E-state index >= 15 is 0 Å². The van der Waals surface area contributed by atoms with Gasteiger partial charge < -0.3 is 4.90 Å². The lowest BCUT2D eigenvalue weighted by atomic mass is 9.99. The average molecular weight is 301 g/mol. The molecule has 22 heavy (non-hydrogen) atoms. The first-order valence-corrected chi connectivity index (χ1v) is 8.04. The fourth-order valence-corrected chi connectivity index (χ4v) is 3.11. The van der Waals surface area contributed by atoms with E-state index in [0.29, 0.717) is 5.69 Å². The summed E-state index contributed by atoms with van der Waals surface area (Å²) in [7, 11) is 1.91. The molecule has 1 fully saturated rings. The highest BCUT2D eigenvalue weighted by Gasteiger charge is 2.31. The van der Waals surface area contributed by atoms with E-state index in [4.69, 9.17) is 0 Å². The number of carbonyl (C=O) groups excluding carboxylic acids is 1. The van der Waals surface area contributed by atoms with Gasteiger partial charge in [-0.25, -0.2) is 0 Å². The summed E-state index contributed by atoms with van der Waals surface area (Å²) >= 11 is 0. The zero-order valence-electron chi connectivity index (χ0n) is 13.2. The molecule has 0 saturated carbocycles. The average Bonchev–Trinajstić information content (AvgIpc) is 3.16. The van der Waals surface area contributed by atoms with Gasteiger partial charge in [-0.2, -0.15) is 10.2 Å². The highest BCUT2D eigenvalue weighted by Crippen LogP contribution is 2.30. The molecule has 1 saturated heterocycles. The Morgan fingerprint density at radius 2 is 2.32 bits per heavy atom. The molecular weight excluding hydrogens is 278 g/mol. The van der Waals surface area contributed by atoms with Crippen LogP contribution in [0.3, 0.4) is 0 Å². The van der Waals surface area contributed by atoms with Gasteiger partial charge in [-0.15, -0.1) is 0 Å². The van der Waals surface area contributed by atoms with E-state index in [1.54, 1.807) is 4.68 Å². The Kier molecular flexibility index (Phi) is 4.27. The normalized spacial score (nSPS) is 18.6. The highest BCUT2D eigenvalue weighted by atomic mass is 16.2. The van der Waals surface area contributed by atoms with Crippen LogP contribution in [0.25, 0.3) is 0 Å². The number of hydrogen-bond acceptors (Lipinski definition) is 3. The molecule has 1 amide bonds. The van der Waals surface area contributed by atoms with Crippen LogP contribution in [0.4, 0.5) is 0 Å². The second-order valence-corrected chi connectivity index (χ2v) is 5.95. The highest BCUT2D eigenvalue weighted by molar-refractivity contribution is 5.92. The van der Waals surface area contributed by atoms with E-state index in [0.717, 1.165) is 50.0 Å². The maximum Gasteiger partial charge on any atom is 0.274 e. The van der Waals surface area contributed by atoms with Crippen LogP contribution < -0.4 is 0 Å². The van der Waals surface area contributed by atoms with Crippen molar-refractivity contribution < 1.29 is 4.79 Å². The van der Waals surface area contributed by atoms with Gasteiger partial charge in [0.25, 0.3) is 5.91 Å². The number of rotatable bonds is 4. The number of piperidine rings is 1. The summed E-state index contributed by atoms with van der Waals surface area (Å²) in [5.41, 5.74) is 2.52. The van der Waals surface area contributed by atoms with E-state index in [2.05, 4.69) is 22.2 Å². The third kappa shape index (κ3) is 2.91. The van der Waals surface area contributed by atoms with Crippen LogP contribution in [-0.2, 0) is 13.5 Å². The number of aryl methyl sites for hydroxylation is 2. The molecule has 1 aliphatic rings. The molecule has 0 radical (unpaired) electrons. The first-order chi connectivity index (χ1) is 10.7. The topological polar surface area (TPSA) is 66.8 Å². The fourth-order valence-electron chi connectivity index (χ4n) is 3.11. The van der Waals surface area contributed by atoms with E-state index < -0.39 is 0 Å². The molecule has 2 aromatic heterocycles. The SMILES string of the molecule is CCCc1cc(C(=O)N2CCCC[C@H]2c2ccn(C)n2)n[nH]1. The molecule has 1 atom stereocenters. The number of amides is 1. The van der Waals surface area contributed by atoms with Crippen LogP contribution in [0.5, 0.6) is 0 Å². The first-order valence-electron chi connectivity index (χ1n) is 8.04. The van der Waals surface area contributed by atoms with Crippen LogP contribution >= 0.6 is 0 Å². The molecule has 0 aromatic carbocycles. The molecule has 0 aliphatic carbocycles. The lowest BCUT2D eigenvalue weighted by Gasteiger charge is -2.34. The molecule has 1 aliphatic heterocycles. The monoisotopic (exact) mass is 301 g/mol. The standard InChI is InChI=1S/C16H23N5O/c1-3-6-12-11-14(18-17-12)16(22)21-9-5-4-7-15(21)13-8-10-20(2)19-13/h8,10-11,15H,3-7,9H2,1-2H3,(H,17,18)/t15-/m0/s1. The summed E-state index contributed by atoms with van der Waals surface area (Å²) in [6.45, 7) is 2.89. The van der Waals surface area contributed by atoms with Gasteiger partial charge in [-0.05, 0) is 37.8 Å². The molecule has 0 unspecified atom stereocenters. The van der Waals surface area contributed by atoms with Gasteiger partial charge in [0.15, 0.2) is 0 Å². The number of aromatic nitrogens is 4. The predicted octanol–water partition coefficient (Wildman–Crippen LogP) is 2.46. The van der Waals surface area contributed by atoms with Gasteiger partial charge in [0.05, 0.1) is 11.7 Å². The Morgan fingerprint density at radius 1 is 1.45 bits per heavy atom. The lowest BCUT2D eigenvalue weighted by Crippen LogP contribution is -2.39. The summed E-state index contributed by atoms with van der Waals surface area (Å²) in [5, 5.41) is 11.7. The Morgan fingerprint density at radius 3 is 3.05 bits per heavy atom. The molecule has 3 rings (SSSR count). The summed E-state index contributed by atoms with van der Waals surface area (Å²) in [4.78, 5) is 14.7. The van der Waals surface area contributed by atoms with Gasteiger partial charge in [-0.3, -0.25) is 14.6 Å². The van der Waals surface area contributed by atoms with Crippen molar-refractivity contribution in [2.45, 2.75) is 45.1 Å². The second-order valence-electron chi connectivity index (χ2n) is 5.95. The zero-order chi connectivity index (χ0) is 15.5. The summed E-state index contributed by atoms with van der Waals surface area (Å²) in [6.07, 6.45) is 7.03. The quantitative estimate of drug-likeness (QED) is 0.943. The number of H-pyrrole nitrogens is 1. The van der Waals surface area contributed by atoms with E-state index in [9.17, 15) is 4.79 Å². The Hall–Kier alpha value is -2.11. The number of nitrogens with zero attached hydrogens (tertiary/aromatic N) is 4. The predicted molar refractivity (Wildman–Crippen MR) is 83.4 cm³/mol. The number of nitrogens with one attached hydrogen (secondary N) is 1. The van der Waals surface area contributed by atoms with Crippen molar-refractivity contribution in [2.75, 3.05) is 6.54 Å². The molecule has 3 heterocycles. The Labute approximate surface area is 130 Å². The molecule has 2 aromatic rings. The number of carbonyl (C=O) groups is 1. The summed E-state index contributed by atoms with van der Waals surface area (Å²) < 4.78 is 1.79. The van der Waals surface area contributed by atoms with Crippen molar-refractivity contribution >= 4 is 5.91 Å². The van der Waals surface area contributed by atoms with Crippen LogP contribution in [0.2, 0.25) is 0 Å². The molecule has 6 heteroatoms. The van der Waals surface area contributed by atoms with Gasteiger partial charge in [-0.1, -0.05) is 13.3 Å². The van der Waals surface area contributed by atoms with Gasteiger partial charge in [0, 0.05) is 25.5 Å². The van der Waals surface area contributed by atoms with E-state index in [1.165, 1.54) is 0 Å². The van der Waals surface area contributed by atoms with Crippen molar-refractivity contribution in [1.29, 1.82) is 0 Å². The minimum absolute atomic E-state index is 0.00829. The van der Waals surface area contributed by atoms with Crippen molar-refractivity contribution in [2.24, 2.45) is 7.05 Å². The smallest absolute Gasteiger partial charge is 0.274 e. The lowest BCUT2D eigenvalue weighted by molar-refractivity contribution is 0.0599. The largest absolute Gasteiger partial charge is 0.329 e. The Bertz CT molecular complexity index is 645. The van der Waals surface area contributed by atoms with Crippen LogP contribution in [0.1, 0.15) is 60.5 Å². The molecule has 6 nitrogen and oxygen atoms in total. The summed E-state index contributed by atoms with van der Waals surface area (Å²) in [5.74, 6) is 0.00829. The van der Waals surface area contributed by atoms with Crippen molar-refractivity contribution in [1.82, 2.24) is 24.9 Å². The van der Waals surface area contributed by atoms with Crippen molar-refractivity contribution in [3.05, 3.63) is 35.4 Å². The third-order valence-electron chi connectivity index (χ3n) is 4.21. The zero-order valence-corrected chi connectivity index (χ0v) is 13.2. The van der Waals surface area contributed by atoms with Crippen LogP contribution in [-0.4, -0.2) is 37.3 Å². The molecule has 0 bridgehead atoms. The fraction of sp³-hybridized carbons (Fsp3) is 0.562. The van der Waals surface area contributed by atoms with Crippen LogP contribution in [0, 0.1) is 0 Å². The molecule has 118 valence electrons. The third-order valence-corrected chi connectivity index (χ3v) is 4.21. The first kappa shape index (κ1) is 14.8. The number of likely N-dealkylation sites (tertiary alicyclic amines) is 1. The minimum Gasteiger partial charge on any atom is -0.329 e. The Balaban J connectivity index is 1.81.